The predicted molar refractivity (Wildman–Crippen MR) is 31.5 cm³/mol. The van der Waals surface area contributed by atoms with Gasteiger partial charge >= 0.3 is 0 Å². The van der Waals surface area contributed by atoms with Crippen LogP contribution in [0.15, 0.2) is 0 Å². The third-order valence-corrected chi connectivity index (χ3v) is 0. The van der Waals surface area contributed by atoms with Gasteiger partial charge in [-0.05, 0) is 14.2 Å². The molecule has 0 atom stereocenters. The molecule has 2 nitrogen and oxygen atoms in total. The molecule has 51 valence electrons. The minimum absolute atomic E-state index is 0. The van der Waals surface area contributed by atoms with Crippen molar-refractivity contribution in [2.75, 3.05) is 14.2 Å². The Bertz CT molecular complexity index is 12.4. The van der Waals surface area contributed by atoms with Crippen LogP contribution in [-0.2, 0) is 42.2 Å². The van der Waals surface area contributed by atoms with Gasteiger partial charge in [-0.1, -0.05) is 7.43 Å². The van der Waals surface area contributed by atoms with Gasteiger partial charge in [0.2, 0.25) is 0 Å². The van der Waals surface area contributed by atoms with Crippen LogP contribution in [0.25, 0.3) is 0 Å². The van der Waals surface area contributed by atoms with E-state index in [1.54, 1.807) is 0 Å². The van der Waals surface area contributed by atoms with Gasteiger partial charge in [-0.25, -0.2) is 14.2 Å². The van der Waals surface area contributed by atoms with Crippen LogP contribution in [0.3, 0.4) is 0 Å². The van der Waals surface area contributed by atoms with Crippen LogP contribution in [0.2, 0.25) is 0 Å². The molecule has 0 unspecified atom stereocenters. The molecule has 0 fully saturated rings. The maximum absolute atomic E-state index is 4.00. The van der Waals surface area contributed by atoms with Gasteiger partial charge in [0.15, 0.2) is 0 Å². The van der Waals surface area contributed by atoms with E-state index in [1.165, 1.54) is 14.2 Å². The molecule has 0 saturated carbocycles. The number of rotatable bonds is 0. The molecule has 0 aliphatic rings. The first-order valence-corrected chi connectivity index (χ1v) is 1.39. The van der Waals surface area contributed by atoms with Crippen LogP contribution in [0.4, 0.5) is 0 Å². The Morgan fingerprint density at radius 3 is 1.00 bits per heavy atom. The summed E-state index contributed by atoms with van der Waals surface area (Å²) < 4.78 is 8.00. The van der Waals surface area contributed by atoms with Gasteiger partial charge in [0.25, 0.3) is 0 Å². The molecule has 0 rings (SSSR count). The summed E-state index contributed by atoms with van der Waals surface area (Å²) in [7, 11) is 9.00. The van der Waals surface area contributed by atoms with Crippen molar-refractivity contribution in [3.8, 4) is 0 Å². The minimum Gasteiger partial charge on any atom is -0.557 e. The molecule has 0 bridgehead atoms. The molecule has 0 saturated heterocycles. The van der Waals surface area contributed by atoms with Crippen molar-refractivity contribution in [3.05, 3.63) is 14.2 Å². The maximum atomic E-state index is 4.00. The first kappa shape index (κ1) is 23.0. The number of hydrogen-bond acceptors (Lipinski definition) is 2. The van der Waals surface area contributed by atoms with Crippen LogP contribution in [0.5, 0.6) is 0 Å². The van der Waals surface area contributed by atoms with Crippen LogP contribution >= 0.6 is 0 Å². The second kappa shape index (κ2) is 43.3. The summed E-state index contributed by atoms with van der Waals surface area (Å²) in [6.45, 7) is 0. The molecule has 0 heterocycles. The molecule has 0 aliphatic heterocycles. The summed E-state index contributed by atoms with van der Waals surface area (Å²) in [5, 5.41) is 0. The van der Waals surface area contributed by atoms with Crippen molar-refractivity contribution >= 4 is 0 Å². The van der Waals surface area contributed by atoms with Crippen LogP contribution in [0, 0.1) is 14.2 Å². The smallest absolute Gasteiger partial charge is 0 e. The summed E-state index contributed by atoms with van der Waals surface area (Å²) in [4.78, 5) is 0. The number of methoxy groups -OCH3 is 2. The van der Waals surface area contributed by atoms with Crippen LogP contribution < -0.4 is 0 Å². The van der Waals surface area contributed by atoms with Gasteiger partial charge < -0.3 is 9.47 Å². The van der Waals surface area contributed by atoms with Gasteiger partial charge in [0, 0.05) is 32.7 Å². The standard InChI is InChI=1S/2C2H5O.CH4.Y/c2*1-3-2;;/h2*1H2,2H3;1H4;/q2*-1;;. The van der Waals surface area contributed by atoms with Gasteiger partial charge in [-0.2, -0.15) is 0 Å². The number of hydrogen-bond donors (Lipinski definition) is 0. The fraction of sp³-hybridized carbons (Fsp3) is 0.600. The predicted octanol–water partition coefficient (Wildman–Crippen LogP) is 1.48. The Labute approximate surface area is 77.8 Å². The Balaban J connectivity index is -0.0000000160. The Morgan fingerprint density at radius 2 is 1.00 bits per heavy atom. The van der Waals surface area contributed by atoms with Crippen molar-refractivity contribution in [2.24, 2.45) is 0 Å². The zero-order valence-corrected chi connectivity index (χ0v) is 7.65. The van der Waals surface area contributed by atoms with Crippen molar-refractivity contribution < 1.29 is 42.2 Å². The van der Waals surface area contributed by atoms with Crippen molar-refractivity contribution in [2.45, 2.75) is 7.43 Å². The summed E-state index contributed by atoms with van der Waals surface area (Å²) in [6.07, 6.45) is 0. The van der Waals surface area contributed by atoms with E-state index in [1.807, 2.05) is 0 Å². The van der Waals surface area contributed by atoms with Crippen molar-refractivity contribution in [1.82, 2.24) is 0 Å². The van der Waals surface area contributed by atoms with E-state index in [9.17, 15) is 0 Å². The first-order valence-electron chi connectivity index (χ1n) is 1.39. The van der Waals surface area contributed by atoms with E-state index in [0.29, 0.717) is 0 Å². The summed E-state index contributed by atoms with van der Waals surface area (Å²) in [5.41, 5.74) is 0. The largest absolute Gasteiger partial charge is 0.557 e. The molecule has 1 radical (unpaired) electrons. The Hall–Kier alpha value is 1.02. The zero-order valence-electron chi connectivity index (χ0n) is 4.81. The van der Waals surface area contributed by atoms with Gasteiger partial charge in [0.1, 0.15) is 0 Å². The topological polar surface area (TPSA) is 18.5 Å². The second-order valence-corrected chi connectivity index (χ2v) is 0.577. The van der Waals surface area contributed by atoms with E-state index in [0.717, 1.165) is 0 Å². The second-order valence-electron chi connectivity index (χ2n) is 0.577. The molecule has 8 heavy (non-hydrogen) atoms. The molecular formula is C5H14O2Y-2. The third kappa shape index (κ3) is 243. The fourth-order valence-electron chi connectivity index (χ4n) is 0. The SMILES string of the molecule is C.[CH2-]OC.[CH2-]OC.[Y]. The van der Waals surface area contributed by atoms with Crippen molar-refractivity contribution in [1.29, 1.82) is 0 Å². The van der Waals surface area contributed by atoms with Crippen LogP contribution in [0.1, 0.15) is 7.43 Å². The number of ether oxygens (including phenoxy) is 2. The molecule has 0 aromatic rings. The normalized spacial score (nSPS) is 4.50. The molecule has 0 spiro atoms. The van der Waals surface area contributed by atoms with Gasteiger partial charge in [-0.15, -0.1) is 0 Å². The summed E-state index contributed by atoms with van der Waals surface area (Å²) >= 11 is 0. The summed E-state index contributed by atoms with van der Waals surface area (Å²) in [5.74, 6) is 0. The average molecular weight is 195 g/mol. The molecular weight excluding hydrogens is 181 g/mol. The van der Waals surface area contributed by atoms with E-state index in [-0.39, 0.29) is 40.1 Å². The molecule has 0 aromatic carbocycles. The monoisotopic (exact) mass is 195 g/mol. The summed E-state index contributed by atoms with van der Waals surface area (Å²) in [6, 6.07) is 0. The van der Waals surface area contributed by atoms with Crippen LogP contribution in [-0.4, -0.2) is 14.2 Å². The minimum atomic E-state index is 0. The van der Waals surface area contributed by atoms with E-state index in [2.05, 4.69) is 23.7 Å². The van der Waals surface area contributed by atoms with E-state index in [4.69, 9.17) is 0 Å². The molecule has 0 aliphatic carbocycles. The van der Waals surface area contributed by atoms with Gasteiger partial charge in [0.05, 0.1) is 0 Å². The Morgan fingerprint density at radius 1 is 1.00 bits per heavy atom. The molecule has 0 amide bonds. The van der Waals surface area contributed by atoms with Gasteiger partial charge in [-0.3, -0.25) is 0 Å². The molecule has 0 aromatic heterocycles. The van der Waals surface area contributed by atoms with Crippen molar-refractivity contribution in [3.63, 3.8) is 0 Å². The zero-order chi connectivity index (χ0) is 5.41. The quantitative estimate of drug-likeness (QED) is 0.545. The van der Waals surface area contributed by atoms with E-state index >= 15 is 0 Å². The third-order valence-electron chi connectivity index (χ3n) is 0. The maximum Gasteiger partial charge on any atom is 0 e. The molecule has 0 N–H and O–H groups in total. The molecule has 3 heteroatoms. The Kier molecular flexibility index (Phi) is 125. The average Bonchev–Trinajstić information content (AvgIpc) is 1.39. The fourth-order valence-corrected chi connectivity index (χ4v) is 0. The first-order chi connectivity index (χ1) is 2.83. The van der Waals surface area contributed by atoms with E-state index < -0.39 is 0 Å².